The highest BCUT2D eigenvalue weighted by Gasteiger charge is 2.31. The molecule has 1 atom stereocenters. The van der Waals surface area contributed by atoms with Gasteiger partial charge in [0.1, 0.15) is 5.84 Å². The number of hydrogen-bond donors (Lipinski definition) is 2. The minimum absolute atomic E-state index is 0.0347. The zero-order valence-corrected chi connectivity index (χ0v) is 12.7. The maximum Gasteiger partial charge on any atom is 0.228 e. The molecule has 0 aliphatic carbocycles. The first-order valence-corrected chi connectivity index (χ1v) is 9.43. The second-order valence-corrected chi connectivity index (χ2v) is 9.20. The Labute approximate surface area is 114 Å². The van der Waals surface area contributed by atoms with Gasteiger partial charge in [0.15, 0.2) is 14.9 Å². The van der Waals surface area contributed by atoms with E-state index in [2.05, 4.69) is 0 Å². The summed E-state index contributed by atoms with van der Waals surface area (Å²) in [5.41, 5.74) is 5.40. The fraction of sp³-hybridized carbons (Fsp3) is 0.889. The summed E-state index contributed by atoms with van der Waals surface area (Å²) in [6.07, 6.45) is 0.901. The number of sulfonamides is 1. The van der Waals surface area contributed by atoms with Gasteiger partial charge in [-0.25, -0.2) is 16.8 Å². The summed E-state index contributed by atoms with van der Waals surface area (Å²) in [5.74, 6) is 0.0347. The predicted molar refractivity (Wildman–Crippen MR) is 73.2 cm³/mol. The molecule has 3 N–H and O–H groups in total. The van der Waals surface area contributed by atoms with Crippen molar-refractivity contribution in [1.82, 2.24) is 9.21 Å². The third kappa shape index (κ3) is 4.71. The van der Waals surface area contributed by atoms with Crippen LogP contribution in [0.3, 0.4) is 0 Å². The molecule has 1 heterocycles. The molecule has 1 fully saturated rings. The van der Waals surface area contributed by atoms with E-state index in [0.29, 0.717) is 13.1 Å². The first-order valence-electron chi connectivity index (χ1n) is 5.76. The lowest BCUT2D eigenvalue weighted by atomic mass is 10.2. The fourth-order valence-corrected chi connectivity index (χ4v) is 5.39. The maximum atomic E-state index is 11.9. The van der Waals surface area contributed by atoms with E-state index in [-0.39, 0.29) is 25.0 Å². The minimum atomic E-state index is -3.78. The van der Waals surface area contributed by atoms with E-state index in [9.17, 15) is 16.8 Å². The van der Waals surface area contributed by atoms with Gasteiger partial charge in [0.25, 0.3) is 0 Å². The average molecular weight is 312 g/mol. The van der Waals surface area contributed by atoms with Crippen molar-refractivity contribution >= 4 is 25.7 Å². The van der Waals surface area contributed by atoms with Gasteiger partial charge in [0, 0.05) is 32.4 Å². The Balaban J connectivity index is 2.66. The molecule has 1 aliphatic rings. The first kappa shape index (κ1) is 16.3. The summed E-state index contributed by atoms with van der Waals surface area (Å²) in [6.45, 7) is 3.08. The molecule has 0 aromatic rings. The van der Waals surface area contributed by atoms with Crippen LogP contribution in [0.4, 0.5) is 0 Å². The van der Waals surface area contributed by atoms with Crippen LogP contribution in [0.1, 0.15) is 6.92 Å². The van der Waals surface area contributed by atoms with Gasteiger partial charge in [-0.05, 0) is 6.92 Å². The molecule has 1 rings (SSSR count). The van der Waals surface area contributed by atoms with Crippen molar-refractivity contribution in [2.24, 2.45) is 5.73 Å². The molecular formula is C9H20N4O4S2. The molecule has 0 saturated carbocycles. The van der Waals surface area contributed by atoms with Crippen LogP contribution in [0.25, 0.3) is 0 Å². The van der Waals surface area contributed by atoms with Crippen LogP contribution in [0.5, 0.6) is 0 Å². The molecule has 8 nitrogen and oxygen atoms in total. The Hall–Kier alpha value is -0.710. The second-order valence-electron chi connectivity index (χ2n) is 4.72. The van der Waals surface area contributed by atoms with Crippen molar-refractivity contribution in [3.8, 4) is 0 Å². The Bertz CT molecular complexity index is 535. The molecule has 19 heavy (non-hydrogen) atoms. The number of amidine groups is 1. The molecule has 0 aromatic carbocycles. The van der Waals surface area contributed by atoms with Gasteiger partial charge in [-0.1, -0.05) is 0 Å². The Kier molecular flexibility index (Phi) is 4.93. The number of hydrogen-bond acceptors (Lipinski definition) is 6. The van der Waals surface area contributed by atoms with Gasteiger partial charge in [0.05, 0.1) is 6.04 Å². The SMILES string of the molecule is CC(C(=N)N)N1CCN(S(=O)(=O)CS(C)(=O)=O)CC1. The monoisotopic (exact) mass is 312 g/mol. The number of sulfone groups is 1. The van der Waals surface area contributed by atoms with Crippen LogP contribution in [0.2, 0.25) is 0 Å². The van der Waals surface area contributed by atoms with E-state index < -0.39 is 24.9 Å². The summed E-state index contributed by atoms with van der Waals surface area (Å²) >= 11 is 0. The second kappa shape index (κ2) is 5.73. The van der Waals surface area contributed by atoms with E-state index in [0.717, 1.165) is 6.26 Å². The Morgan fingerprint density at radius 3 is 2.05 bits per heavy atom. The smallest absolute Gasteiger partial charge is 0.228 e. The van der Waals surface area contributed by atoms with Gasteiger partial charge >= 0.3 is 0 Å². The van der Waals surface area contributed by atoms with Gasteiger partial charge < -0.3 is 5.73 Å². The lowest BCUT2D eigenvalue weighted by molar-refractivity contribution is 0.174. The molecule has 0 bridgehead atoms. The minimum Gasteiger partial charge on any atom is -0.386 e. The van der Waals surface area contributed by atoms with E-state index in [4.69, 9.17) is 11.1 Å². The number of nitrogens with one attached hydrogen (secondary N) is 1. The van der Waals surface area contributed by atoms with Crippen LogP contribution in [0, 0.1) is 5.41 Å². The third-order valence-corrected chi connectivity index (χ3v) is 7.08. The van der Waals surface area contributed by atoms with Crippen molar-refractivity contribution in [3.63, 3.8) is 0 Å². The molecule has 10 heteroatoms. The first-order chi connectivity index (χ1) is 8.53. The van der Waals surface area contributed by atoms with Gasteiger partial charge in [-0.2, -0.15) is 4.31 Å². The van der Waals surface area contributed by atoms with Gasteiger partial charge in [-0.15, -0.1) is 0 Å². The quantitative estimate of drug-likeness (QED) is 0.458. The van der Waals surface area contributed by atoms with E-state index in [1.807, 2.05) is 4.90 Å². The summed E-state index contributed by atoms with van der Waals surface area (Å²) in [7, 11) is -7.35. The third-order valence-electron chi connectivity index (χ3n) is 3.03. The molecule has 112 valence electrons. The zero-order chi connectivity index (χ0) is 14.8. The van der Waals surface area contributed by atoms with E-state index >= 15 is 0 Å². The lowest BCUT2D eigenvalue weighted by Crippen LogP contribution is -2.54. The highest BCUT2D eigenvalue weighted by atomic mass is 32.3. The van der Waals surface area contributed by atoms with E-state index in [1.165, 1.54) is 4.31 Å². The standard InChI is InChI=1S/C9H20N4O4S2/c1-8(9(10)11)12-3-5-13(6-4-12)19(16,17)7-18(2,14)15/h8H,3-7H2,1-2H3,(H3,10,11). The highest BCUT2D eigenvalue weighted by molar-refractivity contribution is 8.06. The predicted octanol–water partition coefficient (Wildman–Crippen LogP) is -1.74. The van der Waals surface area contributed by atoms with Crippen LogP contribution in [-0.2, 0) is 19.9 Å². The van der Waals surface area contributed by atoms with Crippen molar-refractivity contribution in [2.45, 2.75) is 13.0 Å². The molecular weight excluding hydrogens is 292 g/mol. The van der Waals surface area contributed by atoms with Crippen LogP contribution in [-0.4, -0.2) is 75.4 Å². The molecule has 0 amide bonds. The van der Waals surface area contributed by atoms with Gasteiger partial charge in [0.2, 0.25) is 10.0 Å². The largest absolute Gasteiger partial charge is 0.386 e. The fourth-order valence-electron chi connectivity index (χ4n) is 1.91. The topological polar surface area (TPSA) is 125 Å². The lowest BCUT2D eigenvalue weighted by Gasteiger charge is -2.36. The maximum absolute atomic E-state index is 11.9. The average Bonchev–Trinajstić information content (AvgIpc) is 2.25. The van der Waals surface area contributed by atoms with Crippen LogP contribution in [0.15, 0.2) is 0 Å². The number of nitrogens with two attached hydrogens (primary N) is 1. The molecule has 1 unspecified atom stereocenters. The van der Waals surface area contributed by atoms with Crippen molar-refractivity contribution in [2.75, 3.05) is 37.5 Å². The molecule has 0 aromatic heterocycles. The highest BCUT2D eigenvalue weighted by Crippen LogP contribution is 2.11. The van der Waals surface area contributed by atoms with E-state index in [1.54, 1.807) is 6.92 Å². The number of rotatable bonds is 5. The number of piperazine rings is 1. The molecule has 0 radical (unpaired) electrons. The summed E-state index contributed by atoms with van der Waals surface area (Å²) < 4.78 is 47.1. The zero-order valence-electron chi connectivity index (χ0n) is 11.0. The van der Waals surface area contributed by atoms with Crippen molar-refractivity contribution < 1.29 is 16.8 Å². The van der Waals surface area contributed by atoms with Crippen molar-refractivity contribution in [1.29, 1.82) is 5.41 Å². The normalized spacial score (nSPS) is 21.2. The Morgan fingerprint density at radius 1 is 1.21 bits per heavy atom. The summed E-state index contributed by atoms with van der Waals surface area (Å²) in [4.78, 5) is 1.90. The molecule has 0 spiro atoms. The van der Waals surface area contributed by atoms with Crippen molar-refractivity contribution in [3.05, 3.63) is 0 Å². The van der Waals surface area contributed by atoms with Crippen LogP contribution >= 0.6 is 0 Å². The van der Waals surface area contributed by atoms with Crippen LogP contribution < -0.4 is 5.73 Å². The summed E-state index contributed by atoms with van der Waals surface area (Å²) in [5, 5.41) is 6.49. The molecule has 1 aliphatic heterocycles. The van der Waals surface area contributed by atoms with Gasteiger partial charge in [-0.3, -0.25) is 10.3 Å². The number of nitrogens with zero attached hydrogens (tertiary/aromatic N) is 2. The molecule has 1 saturated heterocycles. The Morgan fingerprint density at radius 2 is 1.68 bits per heavy atom. The summed E-state index contributed by atoms with van der Waals surface area (Å²) in [6, 6.07) is -0.236.